The summed E-state index contributed by atoms with van der Waals surface area (Å²) in [6, 6.07) is 0.964. The predicted octanol–water partition coefficient (Wildman–Crippen LogP) is 3.23. The second-order valence-corrected chi connectivity index (χ2v) is 7.93. The number of amides is 1. The van der Waals surface area contributed by atoms with E-state index in [1.807, 2.05) is 4.90 Å². The van der Waals surface area contributed by atoms with E-state index >= 15 is 0 Å². The van der Waals surface area contributed by atoms with Gasteiger partial charge in [0.1, 0.15) is 23.4 Å². The summed E-state index contributed by atoms with van der Waals surface area (Å²) in [6.07, 6.45) is -2.16. The van der Waals surface area contributed by atoms with Crippen LogP contribution in [0.2, 0.25) is 0 Å². The van der Waals surface area contributed by atoms with Crippen molar-refractivity contribution in [1.29, 1.82) is 0 Å². The Bertz CT molecular complexity index is 661. The topological polar surface area (TPSA) is 67.3 Å². The van der Waals surface area contributed by atoms with E-state index in [9.17, 15) is 18.0 Å². The zero-order valence-electron chi connectivity index (χ0n) is 15.0. The van der Waals surface area contributed by atoms with Crippen LogP contribution >= 0.6 is 0 Å². The van der Waals surface area contributed by atoms with Gasteiger partial charge in [0.05, 0.1) is 0 Å². The number of nitrogens with one attached hydrogen (secondary N) is 1. The van der Waals surface area contributed by atoms with Gasteiger partial charge in [-0.25, -0.2) is 14.8 Å². The molecule has 2 heterocycles. The molecule has 2 fully saturated rings. The quantitative estimate of drug-likeness (QED) is 0.863. The average molecular weight is 372 g/mol. The summed E-state index contributed by atoms with van der Waals surface area (Å²) < 4.78 is 43.9. The zero-order chi connectivity index (χ0) is 19.1. The Morgan fingerprint density at radius 3 is 2.35 bits per heavy atom. The van der Waals surface area contributed by atoms with E-state index in [0.29, 0.717) is 13.1 Å². The lowest BCUT2D eigenvalue weighted by Crippen LogP contribution is -2.53. The van der Waals surface area contributed by atoms with Crippen molar-refractivity contribution in [2.45, 2.75) is 51.4 Å². The van der Waals surface area contributed by atoms with Gasteiger partial charge in [-0.2, -0.15) is 13.2 Å². The Kier molecular flexibility index (Phi) is 4.74. The van der Waals surface area contributed by atoms with Crippen LogP contribution in [0.3, 0.4) is 0 Å². The molecule has 2 atom stereocenters. The number of fused-ring (bicyclic) bond motifs is 2. The summed E-state index contributed by atoms with van der Waals surface area (Å²) in [5.41, 5.74) is -1.51. The van der Waals surface area contributed by atoms with Gasteiger partial charge in [-0.15, -0.1) is 0 Å². The average Bonchev–Trinajstić information content (AvgIpc) is 2.75. The van der Waals surface area contributed by atoms with Gasteiger partial charge in [-0.3, -0.25) is 0 Å². The van der Waals surface area contributed by atoms with Crippen molar-refractivity contribution in [3.8, 4) is 0 Å². The second kappa shape index (κ2) is 6.59. The maximum absolute atomic E-state index is 12.9. The van der Waals surface area contributed by atoms with Crippen molar-refractivity contribution in [1.82, 2.24) is 15.3 Å². The first-order chi connectivity index (χ1) is 12.0. The predicted molar refractivity (Wildman–Crippen MR) is 88.6 cm³/mol. The van der Waals surface area contributed by atoms with Crippen molar-refractivity contribution >= 4 is 11.9 Å². The number of alkyl halides is 3. The molecule has 1 aliphatic heterocycles. The van der Waals surface area contributed by atoms with Gasteiger partial charge in [-0.1, -0.05) is 0 Å². The second-order valence-electron chi connectivity index (χ2n) is 7.93. The number of anilines is 1. The molecule has 26 heavy (non-hydrogen) atoms. The van der Waals surface area contributed by atoms with E-state index in [1.54, 1.807) is 20.8 Å². The molecular weight excluding hydrogens is 349 g/mol. The highest BCUT2D eigenvalue weighted by molar-refractivity contribution is 5.68. The minimum Gasteiger partial charge on any atom is -0.444 e. The van der Waals surface area contributed by atoms with Crippen LogP contribution in [0.15, 0.2) is 12.4 Å². The molecular formula is C17H23F3N4O2. The molecule has 1 aliphatic carbocycles. The maximum atomic E-state index is 12.9. The molecule has 0 radical (unpaired) electrons. The number of carbonyl (C=O) groups excluding carboxylic acids is 1. The zero-order valence-corrected chi connectivity index (χ0v) is 15.0. The van der Waals surface area contributed by atoms with E-state index < -0.39 is 23.6 Å². The van der Waals surface area contributed by atoms with Gasteiger partial charge < -0.3 is 15.0 Å². The number of rotatable bonds is 2. The molecule has 1 aromatic rings. The lowest BCUT2D eigenvalue weighted by molar-refractivity contribution is -0.141. The van der Waals surface area contributed by atoms with Gasteiger partial charge in [0, 0.05) is 25.2 Å². The standard InChI is InChI=1S/C17H23F3N4O2/c1-16(2,3)26-15(25)23-14-10-4-5-11(14)8-24(7-10)13-6-12(17(18,19)20)21-9-22-13/h6,9-11,14H,4-5,7-8H2,1-3H3,(H,23,25). The molecule has 1 saturated heterocycles. The number of hydrogen-bond acceptors (Lipinski definition) is 5. The number of piperidine rings is 1. The Morgan fingerprint density at radius 1 is 1.19 bits per heavy atom. The summed E-state index contributed by atoms with van der Waals surface area (Å²) in [5, 5.41) is 2.94. The fourth-order valence-corrected chi connectivity index (χ4v) is 3.76. The Hall–Kier alpha value is -2.06. The largest absolute Gasteiger partial charge is 0.444 e. The third-order valence-corrected chi connectivity index (χ3v) is 4.78. The molecule has 3 rings (SSSR count). The first-order valence-electron chi connectivity index (χ1n) is 8.66. The van der Waals surface area contributed by atoms with Crippen LogP contribution < -0.4 is 10.2 Å². The molecule has 0 aromatic carbocycles. The fourth-order valence-electron chi connectivity index (χ4n) is 3.76. The Labute approximate surface area is 150 Å². The van der Waals surface area contributed by atoms with Gasteiger partial charge in [0.15, 0.2) is 0 Å². The van der Waals surface area contributed by atoms with Crippen LogP contribution in [0.1, 0.15) is 39.3 Å². The lowest BCUT2D eigenvalue weighted by Gasteiger charge is -2.39. The van der Waals surface area contributed by atoms with Gasteiger partial charge in [0.25, 0.3) is 0 Å². The van der Waals surface area contributed by atoms with Crippen LogP contribution in [0.5, 0.6) is 0 Å². The molecule has 9 heteroatoms. The number of aromatic nitrogens is 2. The summed E-state index contributed by atoms with van der Waals surface area (Å²) in [5.74, 6) is 0.594. The van der Waals surface area contributed by atoms with Crippen molar-refractivity contribution in [3.63, 3.8) is 0 Å². The number of halogens is 3. The third kappa shape index (κ3) is 4.19. The lowest BCUT2D eigenvalue weighted by atomic mass is 9.92. The third-order valence-electron chi connectivity index (χ3n) is 4.78. The molecule has 2 aliphatic rings. The number of carbonyl (C=O) groups is 1. The first-order valence-corrected chi connectivity index (χ1v) is 8.66. The van der Waals surface area contributed by atoms with E-state index in [2.05, 4.69) is 15.3 Å². The summed E-state index contributed by atoms with van der Waals surface area (Å²) >= 11 is 0. The maximum Gasteiger partial charge on any atom is 0.433 e. The number of hydrogen-bond donors (Lipinski definition) is 1. The van der Waals surface area contributed by atoms with Crippen LogP contribution in [0.25, 0.3) is 0 Å². The highest BCUT2D eigenvalue weighted by Crippen LogP contribution is 2.39. The van der Waals surface area contributed by atoms with E-state index in [1.165, 1.54) is 0 Å². The Morgan fingerprint density at radius 2 is 1.81 bits per heavy atom. The monoisotopic (exact) mass is 372 g/mol. The molecule has 1 amide bonds. The van der Waals surface area contributed by atoms with Crippen LogP contribution in [-0.2, 0) is 10.9 Å². The van der Waals surface area contributed by atoms with Gasteiger partial charge in [0.2, 0.25) is 0 Å². The molecule has 2 unspecified atom stereocenters. The summed E-state index contributed by atoms with van der Waals surface area (Å²) in [4.78, 5) is 21.2. The minimum atomic E-state index is -4.49. The smallest absolute Gasteiger partial charge is 0.433 e. The molecule has 1 N–H and O–H groups in total. The SMILES string of the molecule is CC(C)(C)OC(=O)NC1C2CCC1CN(c1cc(C(F)(F)F)ncn1)C2. The summed E-state index contributed by atoms with van der Waals surface area (Å²) in [7, 11) is 0. The normalized spacial score (nSPS) is 25.9. The van der Waals surface area contributed by atoms with Crippen LogP contribution in [0.4, 0.5) is 23.8 Å². The van der Waals surface area contributed by atoms with Crippen molar-refractivity contribution in [3.05, 3.63) is 18.1 Å². The molecule has 0 spiro atoms. The van der Waals surface area contributed by atoms with Crippen molar-refractivity contribution in [2.24, 2.45) is 11.8 Å². The van der Waals surface area contributed by atoms with Gasteiger partial charge in [-0.05, 0) is 45.4 Å². The molecule has 144 valence electrons. The van der Waals surface area contributed by atoms with Crippen LogP contribution in [-0.4, -0.2) is 40.8 Å². The minimum absolute atomic E-state index is 0.0231. The number of alkyl carbamates (subject to hydrolysis) is 1. The molecule has 1 aromatic heterocycles. The molecule has 6 nitrogen and oxygen atoms in total. The van der Waals surface area contributed by atoms with Gasteiger partial charge >= 0.3 is 12.3 Å². The van der Waals surface area contributed by atoms with E-state index in [-0.39, 0.29) is 23.7 Å². The summed E-state index contributed by atoms with van der Waals surface area (Å²) in [6.45, 7) is 6.50. The highest BCUT2D eigenvalue weighted by atomic mass is 19.4. The Balaban J connectivity index is 1.68. The van der Waals surface area contributed by atoms with Crippen LogP contribution in [0, 0.1) is 11.8 Å². The van der Waals surface area contributed by atoms with Crippen molar-refractivity contribution < 1.29 is 22.7 Å². The van der Waals surface area contributed by atoms with E-state index in [4.69, 9.17) is 4.74 Å². The highest BCUT2D eigenvalue weighted by Gasteiger charge is 2.44. The number of ether oxygens (including phenoxy) is 1. The fraction of sp³-hybridized carbons (Fsp3) is 0.706. The number of nitrogens with zero attached hydrogens (tertiary/aromatic N) is 3. The van der Waals surface area contributed by atoms with E-state index in [0.717, 1.165) is 25.2 Å². The molecule has 1 saturated carbocycles. The van der Waals surface area contributed by atoms with Crippen molar-refractivity contribution in [2.75, 3.05) is 18.0 Å². The first kappa shape index (κ1) is 18.7. The molecule has 2 bridgehead atoms.